The fourth-order valence-corrected chi connectivity index (χ4v) is 3.24. The molecule has 4 rings (SSSR count). The first kappa shape index (κ1) is 18.9. The lowest BCUT2D eigenvalue weighted by Crippen LogP contribution is -2.20. The molecular formula is C22H23N5O2. The molecule has 1 aromatic heterocycles. The van der Waals surface area contributed by atoms with Crippen molar-refractivity contribution in [1.29, 1.82) is 10.8 Å². The largest absolute Gasteiger partial charge is 0.497 e. The number of methoxy groups -OCH3 is 2. The van der Waals surface area contributed by atoms with Gasteiger partial charge in [0.2, 0.25) is 0 Å². The van der Waals surface area contributed by atoms with Crippen LogP contribution in [0.4, 0.5) is 11.4 Å². The molecule has 0 atom stereocenters. The zero-order chi connectivity index (χ0) is 20.4. The number of ether oxygens (including phenoxy) is 2. The van der Waals surface area contributed by atoms with Crippen molar-refractivity contribution in [2.45, 2.75) is 12.8 Å². The molecule has 3 aromatic rings. The highest BCUT2D eigenvalue weighted by atomic mass is 16.5. The number of hydrogen-bond acceptors (Lipinski definition) is 7. The van der Waals surface area contributed by atoms with Crippen LogP contribution in [0.2, 0.25) is 0 Å². The maximum atomic E-state index is 7.83. The molecule has 0 unspecified atom stereocenters. The maximum Gasteiger partial charge on any atom is 0.124 e. The van der Waals surface area contributed by atoms with Crippen LogP contribution in [0.5, 0.6) is 11.5 Å². The first-order valence-corrected chi connectivity index (χ1v) is 9.48. The molecule has 1 aliphatic carbocycles. The number of fused-ring (bicyclic) bond motifs is 1. The highest BCUT2D eigenvalue weighted by Gasteiger charge is 2.26. The summed E-state index contributed by atoms with van der Waals surface area (Å²) in [5, 5.41) is 15.1. The quantitative estimate of drug-likeness (QED) is 0.563. The SMILES string of the molecule is COc1cc(OC)cc(N(CC2CC2)c2ccc3ncc(C(=N)C=N)nc3c2)c1. The van der Waals surface area contributed by atoms with Gasteiger partial charge in [0.1, 0.15) is 17.2 Å². The Kier molecular flexibility index (Phi) is 5.12. The van der Waals surface area contributed by atoms with Crippen molar-refractivity contribution < 1.29 is 9.47 Å². The Labute approximate surface area is 169 Å². The average molecular weight is 389 g/mol. The zero-order valence-corrected chi connectivity index (χ0v) is 16.5. The minimum Gasteiger partial charge on any atom is -0.497 e. The summed E-state index contributed by atoms with van der Waals surface area (Å²) in [5.41, 5.74) is 3.86. The van der Waals surface area contributed by atoms with Crippen LogP contribution >= 0.6 is 0 Å². The second-order valence-corrected chi connectivity index (χ2v) is 7.11. The minimum atomic E-state index is 0.0390. The topological polar surface area (TPSA) is 95.2 Å². The van der Waals surface area contributed by atoms with Gasteiger partial charge in [-0.15, -0.1) is 0 Å². The van der Waals surface area contributed by atoms with Crippen molar-refractivity contribution in [2.24, 2.45) is 5.92 Å². The van der Waals surface area contributed by atoms with Gasteiger partial charge in [-0.2, -0.15) is 0 Å². The summed E-state index contributed by atoms with van der Waals surface area (Å²) < 4.78 is 10.9. The minimum absolute atomic E-state index is 0.0390. The van der Waals surface area contributed by atoms with E-state index in [1.54, 1.807) is 14.2 Å². The first-order valence-electron chi connectivity index (χ1n) is 9.48. The second kappa shape index (κ2) is 7.87. The van der Waals surface area contributed by atoms with Crippen LogP contribution in [0.1, 0.15) is 18.5 Å². The van der Waals surface area contributed by atoms with E-state index in [4.69, 9.17) is 20.3 Å². The van der Waals surface area contributed by atoms with E-state index in [0.29, 0.717) is 17.1 Å². The monoisotopic (exact) mass is 389 g/mol. The third kappa shape index (κ3) is 4.03. The Balaban J connectivity index is 1.79. The molecule has 0 spiro atoms. The van der Waals surface area contributed by atoms with E-state index in [1.807, 2.05) is 36.4 Å². The molecule has 1 aliphatic rings. The van der Waals surface area contributed by atoms with E-state index in [9.17, 15) is 0 Å². The molecule has 0 amide bonds. The van der Waals surface area contributed by atoms with Gasteiger partial charge >= 0.3 is 0 Å². The lowest BCUT2D eigenvalue weighted by molar-refractivity contribution is 0.394. The van der Waals surface area contributed by atoms with Crippen molar-refractivity contribution >= 4 is 34.3 Å². The van der Waals surface area contributed by atoms with Crippen LogP contribution in [0.3, 0.4) is 0 Å². The van der Waals surface area contributed by atoms with Crippen LogP contribution in [0, 0.1) is 16.7 Å². The molecule has 0 saturated heterocycles. The van der Waals surface area contributed by atoms with Crippen LogP contribution < -0.4 is 14.4 Å². The molecule has 1 saturated carbocycles. The molecule has 148 valence electrons. The third-order valence-electron chi connectivity index (χ3n) is 5.04. The number of nitrogens with one attached hydrogen (secondary N) is 2. The van der Waals surface area contributed by atoms with Crippen LogP contribution in [0.25, 0.3) is 11.0 Å². The summed E-state index contributed by atoms with van der Waals surface area (Å²) in [6.45, 7) is 0.894. The molecule has 7 nitrogen and oxygen atoms in total. The van der Waals surface area contributed by atoms with E-state index in [2.05, 4.69) is 14.9 Å². The lowest BCUT2D eigenvalue weighted by atomic mass is 10.1. The predicted molar refractivity (Wildman–Crippen MR) is 114 cm³/mol. The maximum absolute atomic E-state index is 7.83. The fraction of sp³-hybridized carbons (Fsp3) is 0.273. The van der Waals surface area contributed by atoms with Crippen molar-refractivity contribution in [2.75, 3.05) is 25.7 Å². The Morgan fingerprint density at radius 3 is 2.41 bits per heavy atom. The summed E-state index contributed by atoms with van der Waals surface area (Å²) in [7, 11) is 3.30. The van der Waals surface area contributed by atoms with Gasteiger partial charge in [-0.25, -0.2) is 4.98 Å². The number of aromatic nitrogens is 2. The van der Waals surface area contributed by atoms with Crippen molar-refractivity contribution in [3.05, 3.63) is 48.3 Å². The smallest absolute Gasteiger partial charge is 0.124 e. The molecular weight excluding hydrogens is 366 g/mol. The van der Waals surface area contributed by atoms with E-state index < -0.39 is 0 Å². The Morgan fingerprint density at radius 2 is 1.79 bits per heavy atom. The number of hydrogen-bond donors (Lipinski definition) is 2. The summed E-state index contributed by atoms with van der Waals surface area (Å²) in [6.07, 6.45) is 4.96. The summed E-state index contributed by atoms with van der Waals surface area (Å²) in [6, 6.07) is 11.8. The Morgan fingerprint density at radius 1 is 1.07 bits per heavy atom. The van der Waals surface area contributed by atoms with Gasteiger partial charge in [-0.1, -0.05) is 0 Å². The lowest BCUT2D eigenvalue weighted by Gasteiger charge is -2.26. The van der Waals surface area contributed by atoms with Gasteiger partial charge in [-0.3, -0.25) is 10.4 Å². The second-order valence-electron chi connectivity index (χ2n) is 7.11. The third-order valence-corrected chi connectivity index (χ3v) is 5.04. The van der Waals surface area contributed by atoms with Gasteiger partial charge < -0.3 is 19.8 Å². The summed E-state index contributed by atoms with van der Waals surface area (Å²) >= 11 is 0. The van der Waals surface area contributed by atoms with E-state index in [-0.39, 0.29) is 5.71 Å². The Bertz CT molecular complexity index is 1060. The van der Waals surface area contributed by atoms with Crippen molar-refractivity contribution in [1.82, 2.24) is 9.97 Å². The van der Waals surface area contributed by atoms with Gasteiger partial charge in [0.15, 0.2) is 0 Å². The van der Waals surface area contributed by atoms with Crippen LogP contribution in [-0.2, 0) is 0 Å². The van der Waals surface area contributed by atoms with Crippen molar-refractivity contribution in [3.8, 4) is 11.5 Å². The number of benzene rings is 2. The van der Waals surface area contributed by atoms with Crippen LogP contribution in [-0.4, -0.2) is 42.7 Å². The van der Waals surface area contributed by atoms with E-state index >= 15 is 0 Å². The molecule has 0 radical (unpaired) electrons. The number of nitrogens with zero attached hydrogens (tertiary/aromatic N) is 3. The van der Waals surface area contributed by atoms with Crippen LogP contribution in [0.15, 0.2) is 42.6 Å². The summed E-state index contributed by atoms with van der Waals surface area (Å²) in [5.74, 6) is 2.14. The summed E-state index contributed by atoms with van der Waals surface area (Å²) in [4.78, 5) is 11.2. The van der Waals surface area contributed by atoms with Gasteiger partial charge in [0.25, 0.3) is 0 Å². The molecule has 0 bridgehead atoms. The first-order chi connectivity index (χ1) is 14.1. The number of anilines is 2. The molecule has 29 heavy (non-hydrogen) atoms. The Hall–Kier alpha value is -3.48. The van der Waals surface area contributed by atoms with Gasteiger partial charge in [-0.05, 0) is 37.0 Å². The normalized spacial score (nSPS) is 13.2. The predicted octanol–water partition coefficient (Wildman–Crippen LogP) is 4.21. The average Bonchev–Trinajstić information content (AvgIpc) is 3.60. The molecule has 7 heteroatoms. The highest BCUT2D eigenvalue weighted by Crippen LogP contribution is 2.38. The number of rotatable bonds is 8. The molecule has 2 N–H and O–H groups in total. The fourth-order valence-electron chi connectivity index (χ4n) is 3.24. The highest BCUT2D eigenvalue weighted by molar-refractivity contribution is 6.35. The van der Waals surface area contributed by atoms with Crippen molar-refractivity contribution in [3.63, 3.8) is 0 Å². The molecule has 2 aromatic carbocycles. The zero-order valence-electron chi connectivity index (χ0n) is 16.5. The molecule has 0 aliphatic heterocycles. The van der Waals surface area contributed by atoms with Gasteiger partial charge in [0.05, 0.1) is 37.2 Å². The standard InChI is InChI=1S/C22H23N5O2/c1-28-17-7-16(8-18(10-17)29-2)27(13-14-3-4-14)15-5-6-20-21(9-15)26-22(12-25-20)19(24)11-23/h5-12,14,23-24H,3-4,13H2,1-2H3. The van der Waals surface area contributed by atoms with E-state index in [0.717, 1.165) is 41.1 Å². The molecule has 1 heterocycles. The van der Waals surface area contributed by atoms with E-state index in [1.165, 1.54) is 19.0 Å². The molecule has 1 fully saturated rings. The van der Waals surface area contributed by atoms with Gasteiger partial charge in [0, 0.05) is 42.3 Å².